The van der Waals surface area contributed by atoms with Crippen molar-refractivity contribution in [2.75, 3.05) is 0 Å². The van der Waals surface area contributed by atoms with Crippen LogP contribution in [0.5, 0.6) is 0 Å². The zero-order valence-corrected chi connectivity index (χ0v) is 13.6. The fraction of sp³-hybridized carbons (Fsp3) is 0.444. The number of benzene rings is 1. The first-order valence-corrected chi connectivity index (χ1v) is 7.87. The van der Waals surface area contributed by atoms with Crippen molar-refractivity contribution in [1.82, 2.24) is 10.5 Å². The Hall–Kier alpha value is -2.17. The van der Waals surface area contributed by atoms with Gasteiger partial charge in [-0.3, -0.25) is 4.79 Å². The highest BCUT2D eigenvalue weighted by Crippen LogP contribution is 2.40. The van der Waals surface area contributed by atoms with E-state index in [0.717, 1.165) is 24.2 Å². The molecule has 1 aliphatic rings. The molecule has 0 spiro atoms. The third-order valence-corrected chi connectivity index (χ3v) is 4.09. The summed E-state index contributed by atoms with van der Waals surface area (Å²) in [6.07, 6.45) is 2.19. The van der Waals surface area contributed by atoms with Gasteiger partial charge in [0.25, 0.3) is 5.91 Å². The average Bonchev–Trinajstić information content (AvgIpc) is 3.22. The van der Waals surface area contributed by atoms with Crippen molar-refractivity contribution in [1.29, 1.82) is 0 Å². The minimum atomic E-state index is -0.293. The van der Waals surface area contributed by atoms with Crippen molar-refractivity contribution >= 4 is 5.91 Å². The number of nitrogens with one attached hydrogen (secondary N) is 1. The lowest BCUT2D eigenvalue weighted by Gasteiger charge is -2.31. The second kappa shape index (κ2) is 5.80. The van der Waals surface area contributed by atoms with Gasteiger partial charge in [-0.25, -0.2) is 4.39 Å². The Labute approximate surface area is 135 Å². The Kier molecular flexibility index (Phi) is 3.96. The Bertz CT molecular complexity index is 697. The van der Waals surface area contributed by atoms with E-state index in [1.165, 1.54) is 12.1 Å². The number of amides is 1. The lowest BCUT2D eigenvalue weighted by molar-refractivity contribution is 0.0892. The Balaban J connectivity index is 1.79. The summed E-state index contributed by atoms with van der Waals surface area (Å²) in [5, 5.41) is 6.87. The molecule has 4 nitrogen and oxygen atoms in total. The van der Waals surface area contributed by atoms with Gasteiger partial charge in [0.05, 0.1) is 6.04 Å². The smallest absolute Gasteiger partial charge is 0.273 e. The van der Waals surface area contributed by atoms with Crippen LogP contribution in [0.15, 0.2) is 34.9 Å². The molecule has 1 aromatic heterocycles. The molecule has 1 amide bonds. The second-order valence-electron chi connectivity index (χ2n) is 7.21. The number of aromatic nitrogens is 1. The van der Waals surface area contributed by atoms with E-state index in [9.17, 15) is 9.18 Å². The molecular formula is C18H21FN2O2. The Morgan fingerprint density at radius 1 is 1.30 bits per heavy atom. The zero-order chi connectivity index (χ0) is 16.6. The van der Waals surface area contributed by atoms with E-state index < -0.39 is 0 Å². The predicted octanol–water partition coefficient (Wildman–Crippen LogP) is 4.21. The van der Waals surface area contributed by atoms with Gasteiger partial charge >= 0.3 is 0 Å². The molecule has 5 heteroatoms. The maximum atomic E-state index is 13.1. The molecule has 1 aliphatic carbocycles. The highest BCUT2D eigenvalue weighted by Gasteiger charge is 2.31. The third kappa shape index (κ3) is 3.60. The minimum Gasteiger partial charge on any atom is -0.360 e. The molecule has 0 saturated heterocycles. The molecule has 122 valence electrons. The van der Waals surface area contributed by atoms with Crippen LogP contribution in [0.1, 0.15) is 67.4 Å². The van der Waals surface area contributed by atoms with Crippen molar-refractivity contribution in [2.24, 2.45) is 5.41 Å². The molecule has 1 atom stereocenters. The standard InChI is InChI=1S/C18H21FN2O2/c1-18(2,3)16(12-6-8-13(19)9-7-12)20-17(22)14-10-15(23-21-14)11-4-5-11/h6-11,16H,4-5H2,1-3H3,(H,20,22). The number of nitrogens with zero attached hydrogens (tertiary/aromatic N) is 1. The first kappa shape index (κ1) is 15.7. The highest BCUT2D eigenvalue weighted by atomic mass is 19.1. The van der Waals surface area contributed by atoms with E-state index in [2.05, 4.69) is 10.5 Å². The predicted molar refractivity (Wildman–Crippen MR) is 84.5 cm³/mol. The average molecular weight is 316 g/mol. The van der Waals surface area contributed by atoms with Gasteiger partial charge in [0, 0.05) is 12.0 Å². The fourth-order valence-corrected chi connectivity index (χ4v) is 2.62. The fourth-order valence-electron chi connectivity index (χ4n) is 2.62. The van der Waals surface area contributed by atoms with Crippen LogP contribution in [0.25, 0.3) is 0 Å². The maximum Gasteiger partial charge on any atom is 0.273 e. The van der Waals surface area contributed by atoms with Gasteiger partial charge in [-0.1, -0.05) is 38.1 Å². The summed E-state index contributed by atoms with van der Waals surface area (Å²) in [5.41, 5.74) is 0.928. The summed E-state index contributed by atoms with van der Waals surface area (Å²) < 4.78 is 18.4. The van der Waals surface area contributed by atoms with E-state index in [1.54, 1.807) is 18.2 Å². The van der Waals surface area contributed by atoms with E-state index in [-0.39, 0.29) is 23.2 Å². The van der Waals surface area contributed by atoms with Crippen LogP contribution in [0.3, 0.4) is 0 Å². The monoisotopic (exact) mass is 316 g/mol. The maximum absolute atomic E-state index is 13.1. The number of carbonyl (C=O) groups excluding carboxylic acids is 1. The van der Waals surface area contributed by atoms with E-state index in [0.29, 0.717) is 11.6 Å². The summed E-state index contributed by atoms with van der Waals surface area (Å²) in [6, 6.07) is 7.67. The van der Waals surface area contributed by atoms with Crippen LogP contribution in [0, 0.1) is 11.2 Å². The number of rotatable bonds is 4. The highest BCUT2D eigenvalue weighted by molar-refractivity contribution is 5.92. The van der Waals surface area contributed by atoms with Crippen LogP contribution < -0.4 is 5.32 Å². The first-order valence-electron chi connectivity index (χ1n) is 7.87. The number of carbonyl (C=O) groups is 1. The van der Waals surface area contributed by atoms with E-state index >= 15 is 0 Å². The zero-order valence-electron chi connectivity index (χ0n) is 13.6. The number of hydrogen-bond acceptors (Lipinski definition) is 3. The quantitative estimate of drug-likeness (QED) is 0.919. The number of hydrogen-bond donors (Lipinski definition) is 1. The van der Waals surface area contributed by atoms with E-state index in [1.807, 2.05) is 20.8 Å². The van der Waals surface area contributed by atoms with Crippen LogP contribution in [-0.4, -0.2) is 11.1 Å². The first-order chi connectivity index (χ1) is 10.8. The van der Waals surface area contributed by atoms with Crippen molar-refractivity contribution in [3.05, 3.63) is 53.2 Å². The molecular weight excluding hydrogens is 295 g/mol. The normalized spacial score (nSPS) is 16.2. The van der Waals surface area contributed by atoms with Gasteiger partial charge in [-0.2, -0.15) is 0 Å². The van der Waals surface area contributed by atoms with Crippen molar-refractivity contribution in [3.63, 3.8) is 0 Å². The van der Waals surface area contributed by atoms with Gasteiger partial charge in [-0.15, -0.1) is 0 Å². The van der Waals surface area contributed by atoms with Gasteiger partial charge in [0.2, 0.25) is 0 Å². The van der Waals surface area contributed by atoms with Crippen LogP contribution in [-0.2, 0) is 0 Å². The largest absolute Gasteiger partial charge is 0.360 e. The van der Waals surface area contributed by atoms with E-state index in [4.69, 9.17) is 4.52 Å². The topological polar surface area (TPSA) is 55.1 Å². The summed E-state index contributed by atoms with van der Waals surface area (Å²) in [4.78, 5) is 12.5. The number of halogens is 1. The summed E-state index contributed by atoms with van der Waals surface area (Å²) in [7, 11) is 0. The van der Waals surface area contributed by atoms with Gasteiger partial charge in [-0.05, 0) is 36.0 Å². The molecule has 1 N–H and O–H groups in total. The third-order valence-electron chi connectivity index (χ3n) is 4.09. The molecule has 1 aromatic carbocycles. The summed E-state index contributed by atoms with van der Waals surface area (Å²) >= 11 is 0. The Morgan fingerprint density at radius 2 is 1.96 bits per heavy atom. The SMILES string of the molecule is CC(C)(C)C(NC(=O)c1cc(C2CC2)on1)c1ccc(F)cc1. The molecule has 0 bridgehead atoms. The Morgan fingerprint density at radius 3 is 2.52 bits per heavy atom. The van der Waals surface area contributed by atoms with Crippen molar-refractivity contribution in [2.45, 2.75) is 45.6 Å². The van der Waals surface area contributed by atoms with Crippen molar-refractivity contribution < 1.29 is 13.7 Å². The van der Waals surface area contributed by atoms with Crippen molar-refractivity contribution in [3.8, 4) is 0 Å². The summed E-state index contributed by atoms with van der Waals surface area (Å²) in [5.74, 6) is 0.631. The molecule has 2 aromatic rings. The van der Waals surface area contributed by atoms with Crippen LogP contribution in [0.4, 0.5) is 4.39 Å². The molecule has 0 radical (unpaired) electrons. The molecule has 23 heavy (non-hydrogen) atoms. The van der Waals surface area contributed by atoms with Crippen LogP contribution >= 0.6 is 0 Å². The lowest BCUT2D eigenvalue weighted by Crippen LogP contribution is -2.36. The molecule has 1 unspecified atom stereocenters. The van der Waals surface area contributed by atoms with Crippen LogP contribution in [0.2, 0.25) is 0 Å². The minimum absolute atomic E-state index is 0.226. The summed E-state index contributed by atoms with van der Waals surface area (Å²) in [6.45, 7) is 6.08. The molecule has 1 saturated carbocycles. The second-order valence-corrected chi connectivity index (χ2v) is 7.21. The lowest BCUT2D eigenvalue weighted by atomic mass is 9.82. The van der Waals surface area contributed by atoms with Gasteiger partial charge in [0.15, 0.2) is 5.69 Å². The van der Waals surface area contributed by atoms with Gasteiger partial charge in [0.1, 0.15) is 11.6 Å². The van der Waals surface area contributed by atoms with Gasteiger partial charge < -0.3 is 9.84 Å². The molecule has 0 aliphatic heterocycles. The molecule has 1 heterocycles. The molecule has 1 fully saturated rings. The molecule has 3 rings (SSSR count).